The maximum Gasteiger partial charge on any atom is 0.271 e. The van der Waals surface area contributed by atoms with E-state index in [4.69, 9.17) is 16.3 Å². The summed E-state index contributed by atoms with van der Waals surface area (Å²) in [7, 11) is 0. The number of ether oxygens (including phenoxy) is 1. The Bertz CT molecular complexity index is 706. The van der Waals surface area contributed by atoms with Crippen molar-refractivity contribution in [2.75, 3.05) is 5.32 Å². The van der Waals surface area contributed by atoms with E-state index in [1.807, 2.05) is 25.1 Å². The molecule has 0 radical (unpaired) electrons. The molecule has 0 aromatic heterocycles. The molecule has 0 spiro atoms. The number of nitro groups is 1. The predicted octanol–water partition coefficient (Wildman–Crippen LogP) is 4.04. The molecule has 2 aromatic rings. The van der Waals surface area contributed by atoms with Gasteiger partial charge in [-0.1, -0.05) is 36.7 Å². The first kappa shape index (κ1) is 16.8. The number of carbonyl (C=O) groups excluding carboxylic acids is 1. The summed E-state index contributed by atoms with van der Waals surface area (Å²) in [5, 5.41) is 13.4. The molecule has 1 unspecified atom stereocenters. The third-order valence-corrected chi connectivity index (χ3v) is 3.42. The van der Waals surface area contributed by atoms with Gasteiger partial charge in [0.05, 0.1) is 15.6 Å². The Balaban J connectivity index is 2.09. The standard InChI is InChI=1S/C16H15ClN2O4/c1-2-15(23-12-6-4-3-5-7-12)16(20)18-14-9-8-11(19(21)22)10-13(14)17/h3-10,15H,2H2,1H3,(H,18,20). The molecule has 1 atom stereocenters. The summed E-state index contributed by atoms with van der Waals surface area (Å²) in [5.74, 6) is 0.219. The molecule has 2 aromatic carbocycles. The number of anilines is 1. The minimum atomic E-state index is -0.691. The van der Waals surface area contributed by atoms with Crippen molar-refractivity contribution in [3.8, 4) is 5.75 Å². The van der Waals surface area contributed by atoms with Gasteiger partial charge in [-0.3, -0.25) is 14.9 Å². The first-order chi connectivity index (χ1) is 11.0. The van der Waals surface area contributed by atoms with Gasteiger partial charge in [-0.2, -0.15) is 0 Å². The summed E-state index contributed by atoms with van der Waals surface area (Å²) >= 11 is 5.97. The molecule has 0 saturated heterocycles. The normalized spacial score (nSPS) is 11.6. The van der Waals surface area contributed by atoms with Crippen LogP contribution in [0.15, 0.2) is 48.5 Å². The third-order valence-electron chi connectivity index (χ3n) is 3.11. The van der Waals surface area contributed by atoms with E-state index >= 15 is 0 Å². The number of para-hydroxylation sites is 1. The number of halogens is 1. The lowest BCUT2D eigenvalue weighted by atomic mass is 10.2. The Morgan fingerprint density at radius 1 is 1.30 bits per heavy atom. The van der Waals surface area contributed by atoms with Crippen LogP contribution in [0.2, 0.25) is 5.02 Å². The maximum absolute atomic E-state index is 12.3. The van der Waals surface area contributed by atoms with Crippen molar-refractivity contribution in [2.45, 2.75) is 19.4 Å². The number of benzene rings is 2. The monoisotopic (exact) mass is 334 g/mol. The highest BCUT2D eigenvalue weighted by Crippen LogP contribution is 2.27. The molecule has 0 aliphatic heterocycles. The number of nitrogens with zero attached hydrogens (tertiary/aromatic N) is 1. The fraction of sp³-hybridized carbons (Fsp3) is 0.188. The summed E-state index contributed by atoms with van der Waals surface area (Å²) in [6.07, 6.45) is -0.227. The van der Waals surface area contributed by atoms with Crippen molar-refractivity contribution in [1.29, 1.82) is 0 Å². The van der Waals surface area contributed by atoms with Crippen LogP contribution in [-0.4, -0.2) is 16.9 Å². The molecule has 7 heteroatoms. The topological polar surface area (TPSA) is 81.5 Å². The molecule has 120 valence electrons. The van der Waals surface area contributed by atoms with Crippen LogP contribution in [0, 0.1) is 10.1 Å². The van der Waals surface area contributed by atoms with Gasteiger partial charge in [0, 0.05) is 12.1 Å². The molecule has 1 amide bonds. The second-order valence-electron chi connectivity index (χ2n) is 4.74. The van der Waals surface area contributed by atoms with E-state index in [2.05, 4.69) is 5.32 Å². The number of hydrogen-bond acceptors (Lipinski definition) is 4. The second kappa shape index (κ2) is 7.60. The Kier molecular flexibility index (Phi) is 5.54. The fourth-order valence-corrected chi connectivity index (χ4v) is 2.14. The molecule has 23 heavy (non-hydrogen) atoms. The Hall–Kier alpha value is -2.60. The molecule has 6 nitrogen and oxygen atoms in total. The van der Waals surface area contributed by atoms with Crippen molar-refractivity contribution in [1.82, 2.24) is 0 Å². The molecule has 0 fully saturated rings. The number of amides is 1. The molecule has 0 heterocycles. The molecule has 0 saturated carbocycles. The number of nitro benzene ring substituents is 1. The van der Waals surface area contributed by atoms with Crippen LogP contribution in [0.1, 0.15) is 13.3 Å². The second-order valence-corrected chi connectivity index (χ2v) is 5.15. The zero-order valence-corrected chi connectivity index (χ0v) is 13.1. The van der Waals surface area contributed by atoms with E-state index in [-0.39, 0.29) is 16.6 Å². The third kappa shape index (κ3) is 4.43. The van der Waals surface area contributed by atoms with Crippen molar-refractivity contribution in [3.63, 3.8) is 0 Å². The molecule has 0 aliphatic rings. The zero-order valence-electron chi connectivity index (χ0n) is 12.4. The van der Waals surface area contributed by atoms with Crippen LogP contribution >= 0.6 is 11.6 Å². The quantitative estimate of drug-likeness (QED) is 0.638. The number of nitrogens with one attached hydrogen (secondary N) is 1. The number of hydrogen-bond donors (Lipinski definition) is 1. The summed E-state index contributed by atoms with van der Waals surface area (Å²) in [4.78, 5) is 22.4. The van der Waals surface area contributed by atoms with Gasteiger partial charge in [-0.15, -0.1) is 0 Å². The van der Waals surface area contributed by atoms with Crippen molar-refractivity contribution < 1.29 is 14.5 Å². The van der Waals surface area contributed by atoms with Crippen LogP contribution in [-0.2, 0) is 4.79 Å². The predicted molar refractivity (Wildman–Crippen MR) is 87.9 cm³/mol. The average Bonchev–Trinajstić information content (AvgIpc) is 2.55. The van der Waals surface area contributed by atoms with Crippen molar-refractivity contribution in [2.24, 2.45) is 0 Å². The van der Waals surface area contributed by atoms with E-state index in [9.17, 15) is 14.9 Å². The smallest absolute Gasteiger partial charge is 0.271 e. The largest absolute Gasteiger partial charge is 0.481 e. The fourth-order valence-electron chi connectivity index (χ4n) is 1.92. The van der Waals surface area contributed by atoms with Gasteiger partial charge in [0.15, 0.2) is 6.10 Å². The highest BCUT2D eigenvalue weighted by Gasteiger charge is 2.20. The van der Waals surface area contributed by atoms with Crippen LogP contribution in [0.25, 0.3) is 0 Å². The lowest BCUT2D eigenvalue weighted by Crippen LogP contribution is -2.32. The van der Waals surface area contributed by atoms with Gasteiger partial charge >= 0.3 is 0 Å². The molecular formula is C16H15ClN2O4. The molecule has 2 rings (SSSR count). The van der Waals surface area contributed by atoms with Crippen LogP contribution < -0.4 is 10.1 Å². The highest BCUT2D eigenvalue weighted by atomic mass is 35.5. The minimum Gasteiger partial charge on any atom is -0.481 e. The van der Waals surface area contributed by atoms with Gasteiger partial charge in [0.25, 0.3) is 11.6 Å². The van der Waals surface area contributed by atoms with Crippen LogP contribution in [0.4, 0.5) is 11.4 Å². The van der Waals surface area contributed by atoms with Crippen LogP contribution in [0.3, 0.4) is 0 Å². The molecule has 0 bridgehead atoms. The Labute approximate surface area is 138 Å². The van der Waals surface area contributed by atoms with Crippen LogP contribution in [0.5, 0.6) is 5.75 Å². The molecule has 0 aliphatic carbocycles. The average molecular weight is 335 g/mol. The lowest BCUT2D eigenvalue weighted by molar-refractivity contribution is -0.384. The Morgan fingerprint density at radius 3 is 2.57 bits per heavy atom. The zero-order chi connectivity index (χ0) is 16.8. The number of rotatable bonds is 6. The number of non-ortho nitro benzene ring substituents is 1. The molecule has 1 N–H and O–H groups in total. The maximum atomic E-state index is 12.3. The van der Waals surface area contributed by atoms with Gasteiger partial charge in [-0.05, 0) is 24.6 Å². The summed E-state index contributed by atoms with van der Waals surface area (Å²) in [6, 6.07) is 12.9. The Morgan fingerprint density at radius 2 is 2.00 bits per heavy atom. The first-order valence-electron chi connectivity index (χ1n) is 6.97. The summed E-state index contributed by atoms with van der Waals surface area (Å²) in [5.41, 5.74) is 0.165. The van der Waals surface area contributed by atoms with Gasteiger partial charge in [0.2, 0.25) is 0 Å². The highest BCUT2D eigenvalue weighted by molar-refractivity contribution is 6.34. The van der Waals surface area contributed by atoms with E-state index in [0.717, 1.165) is 0 Å². The lowest BCUT2D eigenvalue weighted by Gasteiger charge is -2.17. The first-order valence-corrected chi connectivity index (χ1v) is 7.35. The van der Waals surface area contributed by atoms with Gasteiger partial charge < -0.3 is 10.1 Å². The van der Waals surface area contributed by atoms with E-state index < -0.39 is 11.0 Å². The van der Waals surface area contributed by atoms with E-state index in [1.54, 1.807) is 12.1 Å². The van der Waals surface area contributed by atoms with Crippen molar-refractivity contribution >= 4 is 28.9 Å². The van der Waals surface area contributed by atoms with E-state index in [1.165, 1.54) is 18.2 Å². The summed E-state index contributed by atoms with van der Waals surface area (Å²) in [6.45, 7) is 1.82. The number of carbonyl (C=O) groups is 1. The van der Waals surface area contributed by atoms with Gasteiger partial charge in [0.1, 0.15) is 5.75 Å². The minimum absolute atomic E-state index is 0.0992. The SMILES string of the molecule is CCC(Oc1ccccc1)C(=O)Nc1ccc([N+](=O)[O-])cc1Cl. The van der Waals surface area contributed by atoms with Gasteiger partial charge in [-0.25, -0.2) is 0 Å². The summed E-state index contributed by atoms with van der Waals surface area (Å²) < 4.78 is 5.64. The molecular weight excluding hydrogens is 320 g/mol. The van der Waals surface area contributed by atoms with E-state index in [0.29, 0.717) is 17.9 Å². The van der Waals surface area contributed by atoms with Crippen molar-refractivity contribution in [3.05, 3.63) is 63.7 Å².